The number of hydrogen-bond acceptors (Lipinski definition) is 1. The van der Waals surface area contributed by atoms with Crippen LogP contribution in [0.15, 0.2) is 135 Å². The first-order valence-corrected chi connectivity index (χ1v) is 11.4. The van der Waals surface area contributed by atoms with E-state index in [1.54, 1.807) is 30.4 Å². The van der Waals surface area contributed by atoms with Crippen molar-refractivity contribution in [1.82, 2.24) is 0 Å². The number of benzene rings is 4. The van der Waals surface area contributed by atoms with Gasteiger partial charge in [-0.3, -0.25) is 0 Å². The fourth-order valence-corrected chi connectivity index (χ4v) is 4.54. The molecule has 0 fully saturated rings. The second-order valence-electron chi connectivity index (χ2n) is 8.13. The molecule has 5 rings (SSSR count). The summed E-state index contributed by atoms with van der Waals surface area (Å²) in [4.78, 5) is 0. The van der Waals surface area contributed by atoms with Crippen LogP contribution in [0, 0.1) is 6.92 Å². The molecule has 0 aromatic heterocycles. The van der Waals surface area contributed by atoms with Gasteiger partial charge in [-0.25, -0.2) is 0 Å². The number of rotatable bonds is 3. The van der Waals surface area contributed by atoms with Crippen LogP contribution in [0.3, 0.4) is 0 Å². The molecule has 4 aromatic carbocycles. The zero-order valence-corrected chi connectivity index (χ0v) is 20.0. The van der Waals surface area contributed by atoms with Crippen molar-refractivity contribution in [2.75, 3.05) is 0 Å². The number of aryl methyl sites for hydroxylation is 1. The lowest BCUT2D eigenvalue weighted by Crippen LogP contribution is -2.28. The average molecular weight is 445 g/mol. The number of hydrogen-bond donors (Lipinski definition) is 1. The van der Waals surface area contributed by atoms with Gasteiger partial charge in [0.2, 0.25) is 0 Å². The third kappa shape index (κ3) is 4.51. The molecule has 1 N–H and O–H groups in total. The quantitative estimate of drug-likeness (QED) is 0.218. The van der Waals surface area contributed by atoms with Gasteiger partial charge in [0.25, 0.3) is 0 Å². The molecule has 0 amide bonds. The SMILES string of the molecule is C=CC.C=CC=C.Cc1ccc(C2(c3ccc(O)cc3)c3ccccc3-c3ccccc32)cc1. The molecule has 1 nitrogen and oxygen atoms in total. The first-order chi connectivity index (χ1) is 16.5. The third-order valence-corrected chi connectivity index (χ3v) is 5.90. The molecule has 0 spiro atoms. The van der Waals surface area contributed by atoms with E-state index in [-0.39, 0.29) is 11.2 Å². The predicted molar refractivity (Wildman–Crippen MR) is 146 cm³/mol. The largest absolute Gasteiger partial charge is 0.508 e. The Bertz CT molecular complexity index is 1160. The summed E-state index contributed by atoms with van der Waals surface area (Å²) in [5, 5.41) is 9.88. The van der Waals surface area contributed by atoms with Gasteiger partial charge < -0.3 is 5.11 Å². The van der Waals surface area contributed by atoms with Crippen molar-refractivity contribution in [1.29, 1.82) is 0 Å². The molecule has 0 saturated heterocycles. The lowest BCUT2D eigenvalue weighted by atomic mass is 9.67. The number of phenolic OH excluding ortho intramolecular Hbond substituents is 1. The van der Waals surface area contributed by atoms with Crippen molar-refractivity contribution in [3.63, 3.8) is 0 Å². The fraction of sp³-hybridized carbons (Fsp3) is 0.0909. The Kier molecular flexibility index (Phi) is 8.05. The third-order valence-electron chi connectivity index (χ3n) is 5.90. The topological polar surface area (TPSA) is 20.2 Å². The molecule has 170 valence electrons. The van der Waals surface area contributed by atoms with Crippen LogP contribution in [0.25, 0.3) is 11.1 Å². The van der Waals surface area contributed by atoms with Crippen LogP contribution in [-0.2, 0) is 5.41 Å². The molecule has 0 bridgehead atoms. The molecule has 34 heavy (non-hydrogen) atoms. The van der Waals surface area contributed by atoms with E-state index in [1.165, 1.54) is 38.9 Å². The highest BCUT2D eigenvalue weighted by Gasteiger charge is 2.45. The van der Waals surface area contributed by atoms with Crippen molar-refractivity contribution in [2.45, 2.75) is 19.3 Å². The minimum atomic E-state index is -0.380. The van der Waals surface area contributed by atoms with Gasteiger partial charge in [-0.15, -0.1) is 6.58 Å². The van der Waals surface area contributed by atoms with Crippen molar-refractivity contribution in [2.24, 2.45) is 0 Å². The van der Waals surface area contributed by atoms with Crippen LogP contribution in [-0.4, -0.2) is 5.11 Å². The van der Waals surface area contributed by atoms with E-state index in [4.69, 9.17) is 0 Å². The zero-order chi connectivity index (χ0) is 24.6. The lowest BCUT2D eigenvalue weighted by Gasteiger charge is -2.34. The Balaban J connectivity index is 0.000000413. The maximum absolute atomic E-state index is 9.88. The summed E-state index contributed by atoms with van der Waals surface area (Å²) in [5.41, 5.74) is 8.43. The molecular formula is C33H32O. The van der Waals surface area contributed by atoms with Gasteiger partial charge in [-0.05, 0) is 59.4 Å². The van der Waals surface area contributed by atoms with Gasteiger partial charge in [-0.1, -0.05) is 122 Å². The summed E-state index contributed by atoms with van der Waals surface area (Å²) < 4.78 is 0. The molecule has 1 heteroatoms. The maximum Gasteiger partial charge on any atom is 0.115 e. The lowest BCUT2D eigenvalue weighted by molar-refractivity contribution is 0.475. The molecule has 0 heterocycles. The van der Waals surface area contributed by atoms with Crippen LogP contribution in [0.4, 0.5) is 0 Å². The summed E-state index contributed by atoms with van der Waals surface area (Å²) in [5.74, 6) is 0.289. The van der Waals surface area contributed by atoms with E-state index in [0.29, 0.717) is 0 Å². The van der Waals surface area contributed by atoms with Crippen molar-refractivity contribution in [3.8, 4) is 16.9 Å². The highest BCUT2D eigenvalue weighted by Crippen LogP contribution is 2.55. The summed E-state index contributed by atoms with van der Waals surface area (Å²) in [6.45, 7) is 14.1. The van der Waals surface area contributed by atoms with E-state index in [1.807, 2.05) is 19.1 Å². The smallest absolute Gasteiger partial charge is 0.115 e. The maximum atomic E-state index is 9.88. The monoisotopic (exact) mass is 444 g/mol. The highest BCUT2D eigenvalue weighted by molar-refractivity contribution is 5.86. The molecular weight excluding hydrogens is 412 g/mol. The molecule has 0 radical (unpaired) electrons. The Labute approximate surface area is 204 Å². The zero-order valence-electron chi connectivity index (χ0n) is 20.0. The standard InChI is InChI=1S/C26H20O.C4H6.C3H6/c1-18-10-12-19(13-11-18)26(20-14-16-21(27)17-15-20)24-8-4-2-6-22(24)23-7-3-5-9-25(23)26;1-3-4-2;1-3-2/h2-17,27H,1H3;3-4H,1-2H2;3H,1H2,2H3. The Morgan fingerprint density at radius 3 is 1.41 bits per heavy atom. The molecule has 0 atom stereocenters. The molecule has 4 aromatic rings. The van der Waals surface area contributed by atoms with Gasteiger partial charge >= 0.3 is 0 Å². The van der Waals surface area contributed by atoms with E-state index in [2.05, 4.69) is 99.5 Å². The van der Waals surface area contributed by atoms with Crippen molar-refractivity contribution < 1.29 is 5.11 Å². The molecule has 1 aliphatic carbocycles. The first kappa shape index (κ1) is 24.5. The first-order valence-electron chi connectivity index (χ1n) is 11.4. The van der Waals surface area contributed by atoms with Gasteiger partial charge in [0.15, 0.2) is 0 Å². The minimum Gasteiger partial charge on any atom is -0.508 e. The minimum absolute atomic E-state index is 0.289. The van der Waals surface area contributed by atoms with E-state index in [9.17, 15) is 5.11 Å². The van der Waals surface area contributed by atoms with Crippen LogP contribution < -0.4 is 0 Å². The summed E-state index contributed by atoms with van der Waals surface area (Å²) >= 11 is 0. The second-order valence-corrected chi connectivity index (χ2v) is 8.13. The second kappa shape index (κ2) is 11.2. The normalized spacial score (nSPS) is 11.9. The van der Waals surface area contributed by atoms with Gasteiger partial charge in [0.1, 0.15) is 5.75 Å². The molecule has 0 unspecified atom stereocenters. The number of allylic oxidation sites excluding steroid dienone is 3. The average Bonchev–Trinajstić information content (AvgIpc) is 3.17. The van der Waals surface area contributed by atoms with Crippen molar-refractivity contribution >= 4 is 0 Å². The Morgan fingerprint density at radius 1 is 0.618 bits per heavy atom. The van der Waals surface area contributed by atoms with Crippen LogP contribution >= 0.6 is 0 Å². The molecule has 1 aliphatic rings. The Morgan fingerprint density at radius 2 is 1.00 bits per heavy atom. The van der Waals surface area contributed by atoms with E-state index in [0.717, 1.165) is 0 Å². The van der Waals surface area contributed by atoms with Crippen molar-refractivity contribution in [3.05, 3.63) is 163 Å². The number of phenols is 1. The van der Waals surface area contributed by atoms with Gasteiger partial charge in [0, 0.05) is 0 Å². The highest BCUT2D eigenvalue weighted by atomic mass is 16.3. The van der Waals surface area contributed by atoms with E-state index < -0.39 is 0 Å². The predicted octanol–water partition coefficient (Wildman–Crippen LogP) is 8.61. The Hall–Kier alpha value is -4.10. The van der Waals surface area contributed by atoms with E-state index >= 15 is 0 Å². The number of aromatic hydroxyl groups is 1. The summed E-state index contributed by atoms with van der Waals surface area (Å²) in [6.07, 6.45) is 5.03. The van der Waals surface area contributed by atoms with Crippen LogP contribution in [0.2, 0.25) is 0 Å². The van der Waals surface area contributed by atoms with Crippen LogP contribution in [0.5, 0.6) is 5.75 Å². The molecule has 0 aliphatic heterocycles. The summed E-state index contributed by atoms with van der Waals surface area (Å²) in [7, 11) is 0. The number of fused-ring (bicyclic) bond motifs is 3. The van der Waals surface area contributed by atoms with Crippen LogP contribution in [0.1, 0.15) is 34.7 Å². The van der Waals surface area contributed by atoms with Gasteiger partial charge in [0.05, 0.1) is 5.41 Å². The van der Waals surface area contributed by atoms with Gasteiger partial charge in [-0.2, -0.15) is 0 Å². The molecule has 0 saturated carbocycles. The summed E-state index contributed by atoms with van der Waals surface area (Å²) in [6, 6.07) is 33.9. The fourth-order valence-electron chi connectivity index (χ4n) is 4.54.